The van der Waals surface area contributed by atoms with Crippen LogP contribution in [0.1, 0.15) is 5.56 Å². The zero-order valence-corrected chi connectivity index (χ0v) is 12.7. The van der Waals surface area contributed by atoms with Gasteiger partial charge in [-0.2, -0.15) is 0 Å². The quantitative estimate of drug-likeness (QED) is 0.668. The molecule has 0 bridgehead atoms. The summed E-state index contributed by atoms with van der Waals surface area (Å²) in [5.41, 5.74) is 5.79. The van der Waals surface area contributed by atoms with Gasteiger partial charge in [-0.25, -0.2) is 8.42 Å². The van der Waals surface area contributed by atoms with Crippen LogP contribution in [0.5, 0.6) is 11.5 Å². The van der Waals surface area contributed by atoms with Gasteiger partial charge in [-0.1, -0.05) is 17.7 Å². The molecule has 0 radical (unpaired) electrons. The van der Waals surface area contributed by atoms with Crippen molar-refractivity contribution in [2.75, 3.05) is 6.26 Å². The van der Waals surface area contributed by atoms with Crippen molar-refractivity contribution in [3.63, 3.8) is 0 Å². The molecule has 7 heteroatoms. The fraction of sp³-hybridized carbons (Fsp3) is 0.0714. The summed E-state index contributed by atoms with van der Waals surface area (Å²) in [7, 11) is -3.25. The number of amidine groups is 1. The Morgan fingerprint density at radius 3 is 2.33 bits per heavy atom. The zero-order valence-electron chi connectivity index (χ0n) is 11.1. The summed E-state index contributed by atoms with van der Waals surface area (Å²) in [5.74, 6) is 0.553. The lowest BCUT2D eigenvalue weighted by atomic mass is 10.2. The van der Waals surface area contributed by atoms with E-state index in [1.54, 1.807) is 18.2 Å². The molecule has 0 spiro atoms. The maximum Gasteiger partial charge on any atom is 0.175 e. The van der Waals surface area contributed by atoms with Crippen molar-refractivity contribution in [3.05, 3.63) is 53.1 Å². The minimum absolute atomic E-state index is 0.202. The molecular weight excluding hydrogens is 312 g/mol. The summed E-state index contributed by atoms with van der Waals surface area (Å²) < 4.78 is 28.4. The second-order valence-corrected chi connectivity index (χ2v) is 6.80. The van der Waals surface area contributed by atoms with Crippen LogP contribution in [0, 0.1) is 5.41 Å². The number of hydrogen-bond donors (Lipinski definition) is 2. The summed E-state index contributed by atoms with van der Waals surface area (Å²) in [6.45, 7) is 0. The first kappa shape index (κ1) is 15.3. The highest BCUT2D eigenvalue weighted by atomic mass is 35.5. The minimum atomic E-state index is -3.25. The van der Waals surface area contributed by atoms with Crippen LogP contribution >= 0.6 is 11.6 Å². The van der Waals surface area contributed by atoms with Crippen molar-refractivity contribution in [2.45, 2.75) is 4.90 Å². The first-order valence-electron chi connectivity index (χ1n) is 5.90. The minimum Gasteiger partial charge on any atom is -0.457 e. The van der Waals surface area contributed by atoms with Gasteiger partial charge in [0.1, 0.15) is 17.3 Å². The fourth-order valence-corrected chi connectivity index (χ4v) is 2.63. The van der Waals surface area contributed by atoms with Gasteiger partial charge in [-0.3, -0.25) is 5.41 Å². The summed E-state index contributed by atoms with van der Waals surface area (Å²) in [5, 5.41) is 7.85. The molecule has 2 aromatic rings. The van der Waals surface area contributed by atoms with E-state index in [0.717, 1.165) is 6.26 Å². The first-order chi connectivity index (χ1) is 9.79. The SMILES string of the molecule is CS(=O)(=O)c1ccc(Oc2cccc(Cl)c2C(=N)N)cc1. The van der Waals surface area contributed by atoms with Gasteiger partial charge >= 0.3 is 0 Å². The molecule has 0 unspecified atom stereocenters. The number of benzene rings is 2. The third-order valence-corrected chi connectivity index (χ3v) is 4.17. The topological polar surface area (TPSA) is 93.2 Å². The molecule has 21 heavy (non-hydrogen) atoms. The number of nitrogen functional groups attached to an aromatic ring is 1. The van der Waals surface area contributed by atoms with Gasteiger partial charge in [-0.15, -0.1) is 0 Å². The molecule has 2 aromatic carbocycles. The number of nitrogens with one attached hydrogen (secondary N) is 1. The van der Waals surface area contributed by atoms with E-state index < -0.39 is 9.84 Å². The largest absolute Gasteiger partial charge is 0.457 e. The number of sulfone groups is 1. The van der Waals surface area contributed by atoms with Crippen molar-refractivity contribution >= 4 is 27.3 Å². The second kappa shape index (κ2) is 5.75. The van der Waals surface area contributed by atoms with Crippen molar-refractivity contribution in [2.24, 2.45) is 5.73 Å². The molecule has 2 rings (SSSR count). The lowest BCUT2D eigenvalue weighted by Crippen LogP contribution is -2.13. The molecule has 0 amide bonds. The highest BCUT2D eigenvalue weighted by Crippen LogP contribution is 2.30. The van der Waals surface area contributed by atoms with Gasteiger partial charge in [0, 0.05) is 6.26 Å². The van der Waals surface area contributed by atoms with Crippen LogP contribution in [-0.2, 0) is 9.84 Å². The Bertz CT molecular complexity index is 786. The van der Waals surface area contributed by atoms with Gasteiger partial charge < -0.3 is 10.5 Å². The molecule has 3 N–H and O–H groups in total. The molecule has 0 saturated carbocycles. The molecule has 0 saturated heterocycles. The molecule has 5 nitrogen and oxygen atoms in total. The van der Waals surface area contributed by atoms with Crippen molar-refractivity contribution in [1.29, 1.82) is 5.41 Å². The lowest BCUT2D eigenvalue weighted by molar-refractivity contribution is 0.481. The van der Waals surface area contributed by atoms with Gasteiger partial charge in [0.05, 0.1) is 15.5 Å². The Morgan fingerprint density at radius 1 is 1.19 bits per heavy atom. The number of ether oxygens (including phenoxy) is 1. The van der Waals surface area contributed by atoms with Crippen molar-refractivity contribution < 1.29 is 13.2 Å². The van der Waals surface area contributed by atoms with E-state index in [9.17, 15) is 8.42 Å². The average molecular weight is 325 g/mol. The Kier molecular flexibility index (Phi) is 4.20. The summed E-state index contributed by atoms with van der Waals surface area (Å²) >= 11 is 6.00. The van der Waals surface area contributed by atoms with Gasteiger partial charge in [0.15, 0.2) is 9.84 Å². The van der Waals surface area contributed by atoms with Crippen LogP contribution in [0.2, 0.25) is 5.02 Å². The average Bonchev–Trinajstić information content (AvgIpc) is 2.38. The standard InChI is InChI=1S/C14H13ClN2O3S/c1-21(18,19)10-7-5-9(6-8-10)20-12-4-2-3-11(15)13(12)14(16)17/h2-8H,1H3,(H3,16,17). The molecular formula is C14H13ClN2O3S. The van der Waals surface area contributed by atoms with Gasteiger partial charge in [0.25, 0.3) is 0 Å². The Labute approximate surface area is 127 Å². The molecule has 0 atom stereocenters. The lowest BCUT2D eigenvalue weighted by Gasteiger charge is -2.11. The normalized spacial score (nSPS) is 11.1. The van der Waals surface area contributed by atoms with Crippen molar-refractivity contribution in [1.82, 2.24) is 0 Å². The molecule has 110 valence electrons. The summed E-state index contributed by atoms with van der Waals surface area (Å²) in [6, 6.07) is 10.9. The maximum absolute atomic E-state index is 11.4. The van der Waals surface area contributed by atoms with E-state index in [1.165, 1.54) is 24.3 Å². The molecule has 0 fully saturated rings. The van der Waals surface area contributed by atoms with E-state index in [1.807, 2.05) is 0 Å². The maximum atomic E-state index is 11.4. The van der Waals surface area contributed by atoms with Crippen LogP contribution < -0.4 is 10.5 Å². The number of halogens is 1. The number of rotatable bonds is 4. The highest BCUT2D eigenvalue weighted by Gasteiger charge is 2.12. The van der Waals surface area contributed by atoms with E-state index >= 15 is 0 Å². The molecule has 0 aliphatic carbocycles. The van der Waals surface area contributed by atoms with Gasteiger partial charge in [-0.05, 0) is 36.4 Å². The molecule has 0 heterocycles. The van der Waals surface area contributed by atoms with Gasteiger partial charge in [0.2, 0.25) is 0 Å². The predicted molar refractivity (Wildman–Crippen MR) is 82.1 cm³/mol. The van der Waals surface area contributed by atoms with Crippen LogP contribution in [0.4, 0.5) is 0 Å². The van der Waals surface area contributed by atoms with Crippen LogP contribution in [0.25, 0.3) is 0 Å². The molecule has 0 aromatic heterocycles. The second-order valence-electron chi connectivity index (χ2n) is 4.37. The molecule has 0 aliphatic heterocycles. The van der Waals surface area contributed by atoms with E-state index in [-0.39, 0.29) is 10.7 Å². The van der Waals surface area contributed by atoms with Crippen LogP contribution in [0.15, 0.2) is 47.4 Å². The first-order valence-corrected chi connectivity index (χ1v) is 8.17. The van der Waals surface area contributed by atoms with E-state index in [2.05, 4.69) is 0 Å². The number of nitrogens with two attached hydrogens (primary N) is 1. The number of hydrogen-bond acceptors (Lipinski definition) is 4. The smallest absolute Gasteiger partial charge is 0.175 e. The summed E-state index contributed by atoms with van der Waals surface area (Å²) in [6.07, 6.45) is 1.13. The highest BCUT2D eigenvalue weighted by molar-refractivity contribution is 7.90. The Hall–Kier alpha value is -2.05. The third kappa shape index (κ3) is 3.53. The Balaban J connectivity index is 2.35. The monoisotopic (exact) mass is 324 g/mol. The molecule has 0 aliphatic rings. The fourth-order valence-electron chi connectivity index (χ4n) is 1.73. The van der Waals surface area contributed by atoms with Crippen LogP contribution in [-0.4, -0.2) is 20.5 Å². The zero-order chi connectivity index (χ0) is 15.6. The van der Waals surface area contributed by atoms with E-state index in [4.69, 9.17) is 27.5 Å². The predicted octanol–water partition coefficient (Wildman–Crippen LogP) is 2.82. The van der Waals surface area contributed by atoms with E-state index in [0.29, 0.717) is 22.1 Å². The Morgan fingerprint density at radius 2 is 1.81 bits per heavy atom. The van der Waals surface area contributed by atoms with Crippen LogP contribution in [0.3, 0.4) is 0 Å². The van der Waals surface area contributed by atoms with Crippen molar-refractivity contribution in [3.8, 4) is 11.5 Å². The summed E-state index contributed by atoms with van der Waals surface area (Å²) in [4.78, 5) is 0.202. The third-order valence-electron chi connectivity index (χ3n) is 2.72.